The zero-order chi connectivity index (χ0) is 36.3. The van der Waals surface area contributed by atoms with Crippen LogP contribution in [0.3, 0.4) is 0 Å². The number of aromatic nitrogens is 2. The van der Waals surface area contributed by atoms with Crippen LogP contribution in [0.4, 0.5) is 0 Å². The van der Waals surface area contributed by atoms with Crippen LogP contribution in [0, 0.1) is 6.92 Å². The molecular formula is C46H51N2O2Si+. The topological polar surface area (TPSA) is 35.1 Å². The molecule has 0 atom stereocenters. The lowest BCUT2D eigenvalue weighted by atomic mass is 9.87. The van der Waals surface area contributed by atoms with Crippen molar-refractivity contribution in [1.82, 2.24) is 4.57 Å². The maximum Gasteiger partial charge on any atom is 0.299 e. The summed E-state index contributed by atoms with van der Waals surface area (Å²) in [6.07, 6.45) is 0. The number of hydrogen-bond acceptors (Lipinski definition) is 2. The molecule has 0 aliphatic carbocycles. The minimum Gasteiger partial charge on any atom is -0.452 e. The molecule has 260 valence electrons. The van der Waals surface area contributed by atoms with Gasteiger partial charge in [-0.3, -0.25) is 0 Å². The van der Waals surface area contributed by atoms with E-state index in [2.05, 4.69) is 170 Å². The van der Waals surface area contributed by atoms with E-state index in [-0.39, 0.29) is 5.41 Å². The lowest BCUT2D eigenvalue weighted by molar-refractivity contribution is -0.633. The van der Waals surface area contributed by atoms with Crippen LogP contribution in [0.15, 0.2) is 87.7 Å². The van der Waals surface area contributed by atoms with Crippen molar-refractivity contribution >= 4 is 68.2 Å². The number of furan rings is 2. The van der Waals surface area contributed by atoms with Crippen LogP contribution in [0.5, 0.6) is 0 Å². The number of benzene rings is 5. The van der Waals surface area contributed by atoms with E-state index in [9.17, 15) is 0 Å². The van der Waals surface area contributed by atoms with Crippen LogP contribution in [-0.4, -0.2) is 12.6 Å². The lowest BCUT2D eigenvalue weighted by Gasteiger charge is -2.25. The lowest BCUT2D eigenvalue weighted by Crippen LogP contribution is -2.38. The average Bonchev–Trinajstić information content (AvgIpc) is 3.72. The molecule has 0 bridgehead atoms. The molecule has 5 heteroatoms. The van der Waals surface area contributed by atoms with E-state index in [1.165, 1.54) is 44.2 Å². The Morgan fingerprint density at radius 3 is 1.88 bits per heavy atom. The summed E-state index contributed by atoms with van der Waals surface area (Å²) < 4.78 is 18.7. The second kappa shape index (κ2) is 11.4. The summed E-state index contributed by atoms with van der Waals surface area (Å²) in [6, 6.07) is 29.4. The maximum absolute atomic E-state index is 7.11. The number of nitrogens with zero attached hydrogens (tertiary/aromatic N) is 2. The predicted octanol–water partition coefficient (Wildman–Crippen LogP) is 12.3. The molecule has 0 unspecified atom stereocenters. The van der Waals surface area contributed by atoms with Crippen LogP contribution >= 0.6 is 0 Å². The van der Waals surface area contributed by atoms with E-state index < -0.39 is 8.07 Å². The largest absolute Gasteiger partial charge is 0.452 e. The van der Waals surface area contributed by atoms with Gasteiger partial charge in [0, 0.05) is 32.7 Å². The highest BCUT2D eigenvalue weighted by Gasteiger charge is 2.35. The molecule has 3 heterocycles. The smallest absolute Gasteiger partial charge is 0.299 e. The zero-order valence-corrected chi connectivity index (χ0v) is 33.4. The van der Waals surface area contributed by atoms with E-state index in [1.807, 2.05) is 0 Å². The van der Waals surface area contributed by atoms with Crippen LogP contribution in [-0.2, 0) is 12.5 Å². The molecule has 0 amide bonds. The second-order valence-electron chi connectivity index (χ2n) is 17.4. The highest BCUT2D eigenvalue weighted by atomic mass is 28.3. The number of rotatable bonds is 5. The molecule has 0 spiro atoms. The average molecular weight is 692 g/mol. The first-order chi connectivity index (χ1) is 24.1. The van der Waals surface area contributed by atoms with Gasteiger partial charge in [0.15, 0.2) is 27.8 Å². The van der Waals surface area contributed by atoms with E-state index in [4.69, 9.17) is 8.83 Å². The van der Waals surface area contributed by atoms with Crippen LogP contribution in [0.2, 0.25) is 19.6 Å². The number of hydrogen-bond donors (Lipinski definition) is 0. The fraction of sp³-hybridized carbons (Fsp3) is 0.326. The molecule has 4 nitrogen and oxygen atoms in total. The molecular weight excluding hydrogens is 641 g/mol. The summed E-state index contributed by atoms with van der Waals surface area (Å²) in [5, 5.41) is 5.89. The van der Waals surface area contributed by atoms with Crippen LogP contribution in [0.25, 0.3) is 72.0 Å². The van der Waals surface area contributed by atoms with Gasteiger partial charge in [-0.2, -0.15) is 4.57 Å². The van der Waals surface area contributed by atoms with Gasteiger partial charge < -0.3 is 8.83 Å². The number of aryl methyl sites for hydroxylation is 2. The molecule has 8 aromatic rings. The third kappa shape index (κ3) is 5.10. The Labute approximate surface area is 302 Å². The molecule has 0 N–H and O–H groups in total. The van der Waals surface area contributed by atoms with E-state index >= 15 is 0 Å². The Kier molecular flexibility index (Phi) is 7.52. The Bertz CT molecular complexity index is 2660. The molecule has 0 saturated heterocycles. The maximum atomic E-state index is 7.11. The van der Waals surface area contributed by atoms with Gasteiger partial charge in [-0.15, -0.1) is 0 Å². The van der Waals surface area contributed by atoms with Gasteiger partial charge in [0.25, 0.3) is 5.82 Å². The summed E-state index contributed by atoms with van der Waals surface area (Å²) in [5.41, 5.74) is 13.5. The fourth-order valence-corrected chi connectivity index (χ4v) is 9.22. The van der Waals surface area contributed by atoms with Gasteiger partial charge in [0.2, 0.25) is 0 Å². The molecule has 0 radical (unpaired) electrons. The number of imidazole rings is 1. The van der Waals surface area contributed by atoms with Crippen molar-refractivity contribution in [2.75, 3.05) is 0 Å². The molecule has 0 aliphatic heterocycles. The third-order valence-corrected chi connectivity index (χ3v) is 13.1. The summed E-state index contributed by atoms with van der Waals surface area (Å²) in [4.78, 5) is 0. The van der Waals surface area contributed by atoms with Crippen molar-refractivity contribution in [3.63, 3.8) is 0 Å². The van der Waals surface area contributed by atoms with Gasteiger partial charge in [-0.1, -0.05) is 122 Å². The van der Waals surface area contributed by atoms with Crippen molar-refractivity contribution in [2.24, 2.45) is 7.05 Å². The van der Waals surface area contributed by atoms with E-state index in [0.717, 1.165) is 55.3 Å². The molecule has 8 rings (SSSR count). The first kappa shape index (κ1) is 33.5. The first-order valence-electron chi connectivity index (χ1n) is 18.6. The van der Waals surface area contributed by atoms with Crippen molar-refractivity contribution in [3.05, 3.63) is 101 Å². The standard InChI is InChI=1S/C46H51N2O2Si/c1-26(2)35-24-30(51(10,11)12)25-36(27(3)4)41(35)48-38-16-14-13-15-37(38)47(9)45(48)40-28(5)17-19-33-34-22-21-32-31-20-18-29(46(6,7)8)23-39(31)49-43(32)44(34)50-42(33)40/h13-27H,1-12H3/q+1. The molecule has 3 aromatic heterocycles. The quantitative estimate of drug-likeness (QED) is 0.133. The van der Waals surface area contributed by atoms with Gasteiger partial charge in [-0.25, -0.2) is 4.57 Å². The fourth-order valence-electron chi connectivity index (χ4n) is 8.05. The molecule has 0 fully saturated rings. The number of para-hydroxylation sites is 2. The van der Waals surface area contributed by atoms with Crippen molar-refractivity contribution in [3.8, 4) is 17.1 Å². The molecule has 0 saturated carbocycles. The molecule has 0 aliphatic rings. The first-order valence-corrected chi connectivity index (χ1v) is 22.1. The Hall–Kier alpha value is -4.61. The van der Waals surface area contributed by atoms with Gasteiger partial charge in [0.05, 0.1) is 15.1 Å². The minimum atomic E-state index is -1.59. The summed E-state index contributed by atoms with van der Waals surface area (Å²) in [6.45, 7) is 25.7. The van der Waals surface area contributed by atoms with Crippen molar-refractivity contribution < 1.29 is 13.4 Å². The van der Waals surface area contributed by atoms with Crippen molar-refractivity contribution in [2.45, 2.75) is 92.3 Å². The number of fused-ring (bicyclic) bond motifs is 8. The highest BCUT2D eigenvalue weighted by molar-refractivity contribution is 6.88. The van der Waals surface area contributed by atoms with Crippen molar-refractivity contribution in [1.29, 1.82) is 0 Å². The normalized spacial score (nSPS) is 13.1. The Morgan fingerprint density at radius 2 is 1.25 bits per heavy atom. The zero-order valence-electron chi connectivity index (χ0n) is 32.4. The minimum absolute atomic E-state index is 0.0299. The van der Waals surface area contributed by atoms with E-state index in [0.29, 0.717) is 11.8 Å². The monoisotopic (exact) mass is 691 g/mol. The van der Waals surface area contributed by atoms with Gasteiger partial charge >= 0.3 is 0 Å². The summed E-state index contributed by atoms with van der Waals surface area (Å²) >= 11 is 0. The summed E-state index contributed by atoms with van der Waals surface area (Å²) in [5.74, 6) is 1.81. The van der Waals surface area contributed by atoms with Gasteiger partial charge in [0.1, 0.15) is 16.8 Å². The Balaban J connectivity index is 1.50. The SMILES string of the molecule is Cc1ccc2c(oc3c2ccc2c4ccc(C(C)(C)C)cc4oc23)c1-c1n(-c2c(C(C)C)cc([Si](C)(C)C)cc2C(C)C)c2ccccc2[n+]1C. The molecule has 5 aromatic carbocycles. The van der Waals surface area contributed by atoms with Crippen LogP contribution in [0.1, 0.15) is 82.6 Å². The third-order valence-electron chi connectivity index (χ3n) is 11.1. The highest BCUT2D eigenvalue weighted by Crippen LogP contribution is 2.44. The second-order valence-corrected chi connectivity index (χ2v) is 22.5. The Morgan fingerprint density at radius 1 is 0.686 bits per heavy atom. The van der Waals surface area contributed by atoms with Gasteiger partial charge in [-0.05, 0) is 65.6 Å². The van der Waals surface area contributed by atoms with Crippen LogP contribution < -0.4 is 9.75 Å². The molecule has 51 heavy (non-hydrogen) atoms. The van der Waals surface area contributed by atoms with E-state index in [1.54, 1.807) is 0 Å². The summed E-state index contributed by atoms with van der Waals surface area (Å²) in [7, 11) is 0.620. The predicted molar refractivity (Wildman–Crippen MR) is 219 cm³/mol.